The smallest absolute Gasteiger partial charge is 0.0687 e. The van der Waals surface area contributed by atoms with Gasteiger partial charge in [0.1, 0.15) is 0 Å². The molecule has 0 N–H and O–H groups in total. The first-order valence-electron chi connectivity index (χ1n) is 7.22. The minimum Gasteiger partial charge on any atom is -0.110 e. The molecule has 3 aromatic carbocycles. The zero-order valence-corrected chi connectivity index (χ0v) is 12.7. The Balaban J connectivity index is 1.92. The van der Waals surface area contributed by atoms with Gasteiger partial charge in [-0.05, 0) is 41.3 Å². The van der Waals surface area contributed by atoms with Crippen LogP contribution < -0.4 is 0 Å². The van der Waals surface area contributed by atoms with E-state index in [9.17, 15) is 0 Å². The van der Waals surface area contributed by atoms with Crippen LogP contribution in [-0.4, -0.2) is 0 Å². The van der Waals surface area contributed by atoms with Gasteiger partial charge in [-0.3, -0.25) is 0 Å². The Bertz CT molecular complexity index is 744. The van der Waals surface area contributed by atoms with E-state index in [2.05, 4.69) is 85.8 Å². The zero-order chi connectivity index (χ0) is 14.3. The summed E-state index contributed by atoms with van der Waals surface area (Å²) in [5.41, 5.74) is 5.58. The van der Waals surface area contributed by atoms with Gasteiger partial charge in [0.25, 0.3) is 0 Å². The third kappa shape index (κ3) is 1.92. The Labute approximate surface area is 129 Å². The molecule has 0 saturated carbocycles. The van der Waals surface area contributed by atoms with E-state index < -0.39 is 0 Å². The maximum Gasteiger partial charge on any atom is 0.0687 e. The summed E-state index contributed by atoms with van der Waals surface area (Å²) in [6.45, 7) is 2.34. The van der Waals surface area contributed by atoms with Crippen molar-refractivity contribution >= 4 is 11.8 Å². The quantitative estimate of drug-likeness (QED) is 0.581. The lowest BCUT2D eigenvalue weighted by Crippen LogP contribution is -2.15. The van der Waals surface area contributed by atoms with Crippen molar-refractivity contribution in [2.45, 2.75) is 16.6 Å². The Morgan fingerprint density at radius 2 is 1.10 bits per heavy atom. The Hall–Kier alpha value is -1.99. The molecular formula is C20H16S. The molecule has 102 valence electrons. The highest BCUT2D eigenvalue weighted by atomic mass is 32.2. The molecular weight excluding hydrogens is 272 g/mol. The van der Waals surface area contributed by atoms with Crippen molar-refractivity contribution in [1.82, 2.24) is 0 Å². The van der Waals surface area contributed by atoms with Gasteiger partial charge in [-0.25, -0.2) is 0 Å². The van der Waals surface area contributed by atoms with Crippen LogP contribution >= 0.6 is 11.8 Å². The van der Waals surface area contributed by atoms with E-state index in [1.165, 1.54) is 27.1 Å². The van der Waals surface area contributed by atoms with Gasteiger partial charge >= 0.3 is 0 Å². The molecule has 1 aliphatic rings. The number of benzene rings is 3. The van der Waals surface area contributed by atoms with Crippen molar-refractivity contribution in [3.8, 4) is 11.1 Å². The Morgan fingerprint density at radius 3 is 1.67 bits per heavy atom. The van der Waals surface area contributed by atoms with Gasteiger partial charge < -0.3 is 0 Å². The number of fused-ring (bicyclic) bond motifs is 3. The molecule has 0 aliphatic heterocycles. The minimum absolute atomic E-state index is 0.0193. The normalized spacial score (nSPS) is 14.5. The average molecular weight is 288 g/mol. The molecule has 0 saturated heterocycles. The van der Waals surface area contributed by atoms with Gasteiger partial charge in [-0.2, -0.15) is 0 Å². The first kappa shape index (κ1) is 12.7. The summed E-state index contributed by atoms with van der Waals surface area (Å²) in [7, 11) is 0. The van der Waals surface area contributed by atoms with Crippen LogP contribution in [0.15, 0.2) is 83.8 Å². The molecule has 0 bridgehead atoms. The van der Waals surface area contributed by atoms with Gasteiger partial charge in [-0.1, -0.05) is 66.7 Å². The van der Waals surface area contributed by atoms with E-state index in [1.807, 2.05) is 11.8 Å². The highest BCUT2D eigenvalue weighted by Crippen LogP contribution is 2.56. The van der Waals surface area contributed by atoms with Crippen LogP contribution in [0.4, 0.5) is 0 Å². The van der Waals surface area contributed by atoms with Crippen LogP contribution in [0, 0.1) is 0 Å². The topological polar surface area (TPSA) is 0 Å². The third-order valence-corrected chi connectivity index (χ3v) is 5.59. The lowest BCUT2D eigenvalue weighted by molar-refractivity contribution is 0.867. The molecule has 0 amide bonds. The van der Waals surface area contributed by atoms with Gasteiger partial charge in [0.15, 0.2) is 0 Å². The zero-order valence-electron chi connectivity index (χ0n) is 11.9. The van der Waals surface area contributed by atoms with E-state index in [-0.39, 0.29) is 4.75 Å². The average Bonchev–Trinajstić information content (AvgIpc) is 2.79. The van der Waals surface area contributed by atoms with Crippen LogP contribution in [0.3, 0.4) is 0 Å². The van der Waals surface area contributed by atoms with Crippen LogP contribution in [0.5, 0.6) is 0 Å². The fraction of sp³-hybridized carbons (Fsp3) is 0.100. The maximum atomic E-state index is 2.34. The van der Waals surface area contributed by atoms with E-state index in [0.29, 0.717) is 0 Å². The van der Waals surface area contributed by atoms with Crippen molar-refractivity contribution in [1.29, 1.82) is 0 Å². The predicted octanol–water partition coefficient (Wildman–Crippen LogP) is 5.72. The van der Waals surface area contributed by atoms with Crippen LogP contribution in [0.2, 0.25) is 0 Å². The first-order chi connectivity index (χ1) is 10.3. The lowest BCUT2D eigenvalue weighted by Gasteiger charge is -2.26. The van der Waals surface area contributed by atoms with Crippen molar-refractivity contribution in [2.75, 3.05) is 0 Å². The molecule has 0 radical (unpaired) electrons. The van der Waals surface area contributed by atoms with Crippen LogP contribution in [-0.2, 0) is 4.75 Å². The van der Waals surface area contributed by atoms with Crippen molar-refractivity contribution in [3.05, 3.63) is 90.0 Å². The van der Waals surface area contributed by atoms with Gasteiger partial charge in [0, 0.05) is 4.90 Å². The van der Waals surface area contributed by atoms with Gasteiger partial charge in [-0.15, -0.1) is 11.8 Å². The van der Waals surface area contributed by atoms with Crippen LogP contribution in [0.25, 0.3) is 11.1 Å². The van der Waals surface area contributed by atoms with Gasteiger partial charge in [0.2, 0.25) is 0 Å². The van der Waals surface area contributed by atoms with E-state index >= 15 is 0 Å². The fourth-order valence-electron chi connectivity index (χ4n) is 3.25. The van der Waals surface area contributed by atoms with Gasteiger partial charge in [0.05, 0.1) is 4.75 Å². The maximum absolute atomic E-state index is 2.34. The summed E-state index contributed by atoms with van der Waals surface area (Å²) in [5, 5.41) is 0. The molecule has 3 aromatic rings. The predicted molar refractivity (Wildman–Crippen MR) is 90.6 cm³/mol. The summed E-state index contributed by atoms with van der Waals surface area (Å²) in [4.78, 5) is 1.31. The lowest BCUT2D eigenvalue weighted by atomic mass is 9.98. The summed E-state index contributed by atoms with van der Waals surface area (Å²) < 4.78 is -0.0193. The number of thioether (sulfide) groups is 1. The minimum atomic E-state index is -0.0193. The SMILES string of the molecule is CC1(Sc2ccccc2)c2ccccc2-c2ccccc21. The van der Waals surface area contributed by atoms with Crippen molar-refractivity contribution in [2.24, 2.45) is 0 Å². The summed E-state index contributed by atoms with van der Waals surface area (Å²) in [6.07, 6.45) is 0. The molecule has 21 heavy (non-hydrogen) atoms. The second kappa shape index (κ2) is 4.78. The standard InChI is InChI=1S/C20H16S/c1-20(21-15-9-3-2-4-10-15)18-13-7-5-11-16(18)17-12-6-8-14-19(17)20/h2-14H,1H3. The van der Waals surface area contributed by atoms with E-state index in [4.69, 9.17) is 0 Å². The number of hydrogen-bond donors (Lipinski definition) is 0. The second-order valence-corrected chi connectivity index (χ2v) is 7.03. The van der Waals surface area contributed by atoms with E-state index in [1.54, 1.807) is 0 Å². The molecule has 4 rings (SSSR count). The number of hydrogen-bond acceptors (Lipinski definition) is 1. The van der Waals surface area contributed by atoms with E-state index in [0.717, 1.165) is 0 Å². The highest BCUT2D eigenvalue weighted by Gasteiger charge is 2.39. The Kier molecular flexibility index (Phi) is 2.90. The monoisotopic (exact) mass is 288 g/mol. The van der Waals surface area contributed by atoms with Crippen molar-refractivity contribution in [3.63, 3.8) is 0 Å². The molecule has 0 atom stereocenters. The first-order valence-corrected chi connectivity index (χ1v) is 8.04. The Morgan fingerprint density at radius 1 is 0.619 bits per heavy atom. The summed E-state index contributed by atoms with van der Waals surface area (Å²) in [5.74, 6) is 0. The summed E-state index contributed by atoms with van der Waals surface area (Å²) in [6, 6.07) is 28.3. The molecule has 0 fully saturated rings. The molecule has 0 unspecified atom stereocenters. The fourth-order valence-corrected chi connectivity index (χ4v) is 4.59. The van der Waals surface area contributed by atoms with Crippen LogP contribution in [0.1, 0.15) is 18.1 Å². The highest BCUT2D eigenvalue weighted by molar-refractivity contribution is 8.00. The molecule has 0 aromatic heterocycles. The molecule has 1 heteroatoms. The third-order valence-electron chi connectivity index (χ3n) is 4.24. The molecule has 0 nitrogen and oxygen atoms in total. The number of rotatable bonds is 2. The summed E-state index contributed by atoms with van der Waals surface area (Å²) >= 11 is 1.94. The molecule has 0 heterocycles. The molecule has 0 spiro atoms. The largest absolute Gasteiger partial charge is 0.110 e. The molecule has 1 aliphatic carbocycles. The second-order valence-electron chi connectivity index (χ2n) is 5.54. The van der Waals surface area contributed by atoms with Crippen molar-refractivity contribution < 1.29 is 0 Å².